The van der Waals surface area contributed by atoms with Crippen molar-refractivity contribution < 1.29 is 9.13 Å². The summed E-state index contributed by atoms with van der Waals surface area (Å²) in [5.41, 5.74) is 1.58. The van der Waals surface area contributed by atoms with E-state index in [0.717, 1.165) is 5.75 Å². The quantitative estimate of drug-likeness (QED) is 0.796. The van der Waals surface area contributed by atoms with E-state index in [0.29, 0.717) is 29.2 Å². The normalized spacial score (nSPS) is 11.3. The van der Waals surface area contributed by atoms with Gasteiger partial charge in [-0.2, -0.15) is 0 Å². The number of halogens is 1. The maximum atomic E-state index is 14.6. The van der Waals surface area contributed by atoms with E-state index >= 15 is 0 Å². The Morgan fingerprint density at radius 1 is 1.26 bits per heavy atom. The minimum absolute atomic E-state index is 0.177. The largest absolute Gasteiger partial charge is 0.493 e. The molecule has 3 rings (SSSR count). The van der Waals surface area contributed by atoms with Crippen molar-refractivity contribution in [3.8, 4) is 16.9 Å². The van der Waals surface area contributed by atoms with Crippen LogP contribution in [-0.2, 0) is 0 Å². The molecule has 1 aromatic carbocycles. The number of ether oxygens (including phenoxy) is 1. The first kappa shape index (κ1) is 15.3. The smallest absolute Gasteiger partial charge is 0.260 e. The first-order valence-electron chi connectivity index (χ1n) is 7.59. The molecule has 23 heavy (non-hydrogen) atoms. The third-order valence-electron chi connectivity index (χ3n) is 3.67. The Morgan fingerprint density at radius 2 is 1.96 bits per heavy atom. The highest BCUT2D eigenvalue weighted by molar-refractivity contribution is 5.70. The van der Waals surface area contributed by atoms with Crippen LogP contribution in [0.1, 0.15) is 19.4 Å². The van der Waals surface area contributed by atoms with Gasteiger partial charge in [-0.05, 0) is 30.5 Å². The van der Waals surface area contributed by atoms with Gasteiger partial charge in [0.25, 0.3) is 5.56 Å². The fraction of sp³-hybridized carbons (Fsp3) is 0.278. The van der Waals surface area contributed by atoms with Crippen LogP contribution in [0, 0.1) is 18.7 Å². The zero-order chi connectivity index (χ0) is 16.6. The molecule has 2 aromatic heterocycles. The second kappa shape index (κ2) is 5.91. The van der Waals surface area contributed by atoms with Gasteiger partial charge in [0.2, 0.25) is 0 Å². The highest BCUT2D eigenvalue weighted by atomic mass is 19.1. The lowest BCUT2D eigenvalue weighted by molar-refractivity contribution is 0.271. The molecule has 3 aromatic rings. The Balaban J connectivity index is 1.99. The monoisotopic (exact) mass is 314 g/mol. The highest BCUT2D eigenvalue weighted by Gasteiger charge is 2.15. The third-order valence-corrected chi connectivity index (χ3v) is 3.67. The number of nitrogens with zero attached hydrogens (tertiary/aromatic N) is 1. The zero-order valence-corrected chi connectivity index (χ0v) is 13.4. The predicted octanol–water partition coefficient (Wildman–Crippen LogP) is 3.78. The van der Waals surface area contributed by atoms with Gasteiger partial charge in [-0.15, -0.1) is 0 Å². The van der Waals surface area contributed by atoms with Gasteiger partial charge in [0, 0.05) is 23.5 Å². The Hall–Kier alpha value is -2.56. The summed E-state index contributed by atoms with van der Waals surface area (Å²) in [6.07, 6.45) is 3.05. The molecule has 1 N–H and O–H groups in total. The molecule has 0 radical (unpaired) electrons. The van der Waals surface area contributed by atoms with Crippen molar-refractivity contribution >= 4 is 5.65 Å². The van der Waals surface area contributed by atoms with Crippen molar-refractivity contribution in [2.24, 2.45) is 5.92 Å². The molecule has 0 atom stereocenters. The Bertz CT molecular complexity index is 892. The number of aryl methyl sites for hydroxylation is 1. The second-order valence-electron chi connectivity index (χ2n) is 6.08. The van der Waals surface area contributed by atoms with Crippen molar-refractivity contribution in [2.45, 2.75) is 20.8 Å². The van der Waals surface area contributed by atoms with E-state index in [1.165, 1.54) is 16.8 Å². The number of aromatic nitrogens is 2. The van der Waals surface area contributed by atoms with Crippen LogP contribution in [0.5, 0.6) is 5.75 Å². The molecule has 4 nitrogen and oxygen atoms in total. The molecule has 0 spiro atoms. The predicted molar refractivity (Wildman–Crippen MR) is 88.5 cm³/mol. The Labute approximate surface area is 133 Å². The van der Waals surface area contributed by atoms with Crippen LogP contribution in [0.2, 0.25) is 0 Å². The molecule has 0 aliphatic rings. The van der Waals surface area contributed by atoms with Gasteiger partial charge in [0.15, 0.2) is 11.5 Å². The minimum Gasteiger partial charge on any atom is -0.493 e. The highest BCUT2D eigenvalue weighted by Crippen LogP contribution is 2.27. The van der Waals surface area contributed by atoms with Gasteiger partial charge < -0.3 is 9.72 Å². The second-order valence-corrected chi connectivity index (χ2v) is 6.08. The number of hydrogen-bond donors (Lipinski definition) is 1. The maximum absolute atomic E-state index is 14.6. The van der Waals surface area contributed by atoms with Gasteiger partial charge in [0.1, 0.15) is 5.75 Å². The maximum Gasteiger partial charge on any atom is 0.260 e. The summed E-state index contributed by atoms with van der Waals surface area (Å²) in [5, 5.41) is 0. The van der Waals surface area contributed by atoms with Crippen LogP contribution < -0.4 is 10.3 Å². The van der Waals surface area contributed by atoms with Gasteiger partial charge in [-0.25, -0.2) is 4.39 Å². The number of H-pyrrole nitrogens is 1. The van der Waals surface area contributed by atoms with E-state index in [1.807, 2.05) is 12.1 Å². The van der Waals surface area contributed by atoms with Crippen molar-refractivity contribution in [3.63, 3.8) is 0 Å². The molecule has 0 aliphatic heterocycles. The molecule has 0 amide bonds. The molecule has 0 saturated carbocycles. The number of nitrogens with one attached hydrogen (secondary N) is 1. The molecular formula is C18H19FN2O2. The third kappa shape index (κ3) is 2.86. The van der Waals surface area contributed by atoms with Crippen molar-refractivity contribution in [2.75, 3.05) is 6.61 Å². The van der Waals surface area contributed by atoms with E-state index < -0.39 is 5.82 Å². The molecule has 0 saturated heterocycles. The lowest BCUT2D eigenvalue weighted by atomic mass is 10.1. The van der Waals surface area contributed by atoms with E-state index in [9.17, 15) is 9.18 Å². The van der Waals surface area contributed by atoms with Crippen LogP contribution in [0.25, 0.3) is 16.8 Å². The average Bonchev–Trinajstić information content (AvgIpc) is 2.87. The number of hydrogen-bond acceptors (Lipinski definition) is 2. The summed E-state index contributed by atoms with van der Waals surface area (Å²) in [4.78, 5) is 14.9. The van der Waals surface area contributed by atoms with E-state index in [2.05, 4.69) is 18.8 Å². The standard InChI is InChI=1S/C18H19FN2O2/c1-11(2)10-23-14-6-4-13(5-7-14)15-9-21-17(16(15)19)20-8-12(3)18(21)22/h4-9,11,20H,10H2,1-3H3. The van der Waals surface area contributed by atoms with Crippen molar-refractivity contribution in [1.82, 2.24) is 9.38 Å². The summed E-state index contributed by atoms with van der Waals surface area (Å²) < 4.78 is 21.5. The fourth-order valence-corrected chi connectivity index (χ4v) is 2.40. The lowest BCUT2D eigenvalue weighted by Gasteiger charge is -2.08. The molecule has 0 bridgehead atoms. The molecule has 0 aliphatic carbocycles. The Morgan fingerprint density at radius 3 is 2.61 bits per heavy atom. The molecule has 0 fully saturated rings. The molecule has 5 heteroatoms. The van der Waals surface area contributed by atoms with Crippen molar-refractivity contribution in [1.29, 1.82) is 0 Å². The van der Waals surface area contributed by atoms with Gasteiger partial charge in [0.05, 0.1) is 6.61 Å². The summed E-state index contributed by atoms with van der Waals surface area (Å²) in [5.74, 6) is 0.759. The molecule has 2 heterocycles. The summed E-state index contributed by atoms with van der Waals surface area (Å²) in [6.45, 7) is 6.49. The summed E-state index contributed by atoms with van der Waals surface area (Å²) in [7, 11) is 0. The zero-order valence-electron chi connectivity index (χ0n) is 13.4. The minimum atomic E-state index is -0.432. The van der Waals surface area contributed by atoms with Crippen LogP contribution in [0.3, 0.4) is 0 Å². The van der Waals surface area contributed by atoms with Crippen molar-refractivity contribution in [3.05, 3.63) is 58.4 Å². The first-order chi connectivity index (χ1) is 11.0. The van der Waals surface area contributed by atoms with E-state index in [1.54, 1.807) is 19.1 Å². The number of benzene rings is 1. The average molecular weight is 314 g/mol. The van der Waals surface area contributed by atoms with Crippen LogP contribution >= 0.6 is 0 Å². The topological polar surface area (TPSA) is 46.5 Å². The van der Waals surface area contributed by atoms with Gasteiger partial charge >= 0.3 is 0 Å². The number of aromatic amines is 1. The molecule has 120 valence electrons. The summed E-state index contributed by atoms with van der Waals surface area (Å²) in [6, 6.07) is 7.22. The Kier molecular flexibility index (Phi) is 3.94. The van der Waals surface area contributed by atoms with Crippen LogP contribution in [0.4, 0.5) is 4.39 Å². The van der Waals surface area contributed by atoms with E-state index in [4.69, 9.17) is 4.74 Å². The fourth-order valence-electron chi connectivity index (χ4n) is 2.40. The number of rotatable bonds is 4. The molecule has 0 unspecified atom stereocenters. The molecular weight excluding hydrogens is 295 g/mol. The van der Waals surface area contributed by atoms with Crippen LogP contribution in [0.15, 0.2) is 41.5 Å². The first-order valence-corrected chi connectivity index (χ1v) is 7.59. The SMILES string of the molecule is Cc1c[nH]c2c(F)c(-c3ccc(OCC(C)C)cc3)cn2c1=O. The van der Waals surface area contributed by atoms with Crippen LogP contribution in [-0.4, -0.2) is 16.0 Å². The summed E-state index contributed by atoms with van der Waals surface area (Å²) >= 11 is 0. The van der Waals surface area contributed by atoms with Gasteiger partial charge in [-0.3, -0.25) is 9.20 Å². The van der Waals surface area contributed by atoms with Gasteiger partial charge in [-0.1, -0.05) is 26.0 Å². The lowest BCUT2D eigenvalue weighted by Crippen LogP contribution is -2.15. The number of fused-ring (bicyclic) bond motifs is 1. The van der Waals surface area contributed by atoms with E-state index in [-0.39, 0.29) is 11.2 Å².